The molecule has 3 rings (SSSR count). The first-order valence-electron chi connectivity index (χ1n) is 7.03. The number of benzene rings is 2. The van der Waals surface area contributed by atoms with Crippen LogP contribution in [-0.4, -0.2) is 14.7 Å². The minimum Gasteiger partial charge on any atom is -0.508 e. The number of hydrogen-bond acceptors (Lipinski definition) is 3. The Balaban J connectivity index is 2.31. The molecule has 22 heavy (non-hydrogen) atoms. The lowest BCUT2D eigenvalue weighted by atomic mass is 10.1. The van der Waals surface area contributed by atoms with Crippen molar-refractivity contribution < 1.29 is 5.11 Å². The molecule has 0 unspecified atom stereocenters. The Kier molecular flexibility index (Phi) is 3.51. The van der Waals surface area contributed by atoms with E-state index in [1.807, 2.05) is 47.9 Å². The fourth-order valence-electron chi connectivity index (χ4n) is 2.71. The predicted octanol–water partition coefficient (Wildman–Crippen LogP) is 3.22. The quantitative estimate of drug-likeness (QED) is 0.789. The summed E-state index contributed by atoms with van der Waals surface area (Å²) in [4.78, 5) is 16.5. The number of nitrogens with zero attached hydrogens (tertiary/aromatic N) is 2. The van der Waals surface area contributed by atoms with Gasteiger partial charge in [0.15, 0.2) is 0 Å². The van der Waals surface area contributed by atoms with Crippen LogP contribution in [-0.2, 0) is 0 Å². The van der Waals surface area contributed by atoms with Gasteiger partial charge in [0.1, 0.15) is 11.6 Å². The Bertz CT molecular complexity index is 883. The molecule has 2 aromatic carbocycles. The van der Waals surface area contributed by atoms with Crippen LogP contribution in [0.15, 0.2) is 59.4 Å². The molecular formula is C18H16N2O2. The van der Waals surface area contributed by atoms with Crippen LogP contribution in [0.4, 0.5) is 0 Å². The Labute approximate surface area is 128 Å². The molecule has 0 amide bonds. The molecule has 0 saturated carbocycles. The molecule has 1 heterocycles. The Morgan fingerprint density at radius 1 is 1.00 bits per heavy atom. The van der Waals surface area contributed by atoms with Gasteiger partial charge in [0.2, 0.25) is 0 Å². The van der Waals surface area contributed by atoms with E-state index < -0.39 is 0 Å². The highest BCUT2D eigenvalue weighted by Crippen LogP contribution is 2.24. The van der Waals surface area contributed by atoms with Gasteiger partial charge in [0.05, 0.1) is 11.3 Å². The monoisotopic (exact) mass is 292 g/mol. The van der Waals surface area contributed by atoms with Crippen LogP contribution in [0, 0.1) is 13.8 Å². The summed E-state index contributed by atoms with van der Waals surface area (Å²) in [6.07, 6.45) is 0. The molecule has 110 valence electrons. The van der Waals surface area contributed by atoms with E-state index >= 15 is 0 Å². The zero-order valence-corrected chi connectivity index (χ0v) is 12.4. The summed E-state index contributed by atoms with van der Waals surface area (Å²) in [5.41, 5.74) is 2.76. The van der Waals surface area contributed by atoms with Gasteiger partial charge in [-0.1, -0.05) is 36.4 Å². The van der Waals surface area contributed by atoms with Crippen LogP contribution in [0.2, 0.25) is 0 Å². The molecular weight excluding hydrogens is 276 g/mol. The maximum absolute atomic E-state index is 12.3. The van der Waals surface area contributed by atoms with Gasteiger partial charge in [-0.2, -0.15) is 4.98 Å². The number of phenols is 1. The molecule has 0 fully saturated rings. The van der Waals surface area contributed by atoms with Gasteiger partial charge in [-0.25, -0.2) is 0 Å². The predicted molar refractivity (Wildman–Crippen MR) is 86.4 cm³/mol. The van der Waals surface area contributed by atoms with Gasteiger partial charge in [-0.05, 0) is 31.5 Å². The first-order valence-corrected chi connectivity index (χ1v) is 7.03. The van der Waals surface area contributed by atoms with Crippen LogP contribution in [0.3, 0.4) is 0 Å². The largest absolute Gasteiger partial charge is 0.508 e. The van der Waals surface area contributed by atoms with Crippen LogP contribution in [0.25, 0.3) is 16.8 Å². The van der Waals surface area contributed by atoms with Crippen LogP contribution in [0.5, 0.6) is 5.75 Å². The second kappa shape index (κ2) is 5.48. The van der Waals surface area contributed by atoms with Crippen molar-refractivity contribution in [1.29, 1.82) is 0 Å². The first-order chi connectivity index (χ1) is 10.6. The zero-order chi connectivity index (χ0) is 15.7. The maximum Gasteiger partial charge on any atom is 0.281 e. The topological polar surface area (TPSA) is 55.1 Å². The number of aryl methyl sites for hydroxylation is 1. The lowest BCUT2D eigenvalue weighted by Crippen LogP contribution is -2.20. The molecule has 0 aliphatic rings. The third kappa shape index (κ3) is 2.39. The van der Waals surface area contributed by atoms with Gasteiger partial charge in [-0.15, -0.1) is 0 Å². The lowest BCUT2D eigenvalue weighted by Gasteiger charge is -2.17. The molecule has 0 bridgehead atoms. The molecule has 1 aromatic heterocycles. The SMILES string of the molecule is Cc1nc(=O)c(-c2ccccc2)c(C)n1-c1cccc(O)c1. The summed E-state index contributed by atoms with van der Waals surface area (Å²) >= 11 is 0. The van der Waals surface area contributed by atoms with Crippen molar-refractivity contribution in [3.05, 3.63) is 76.5 Å². The number of aromatic nitrogens is 2. The van der Waals surface area contributed by atoms with Crippen molar-refractivity contribution in [1.82, 2.24) is 9.55 Å². The van der Waals surface area contributed by atoms with E-state index in [0.29, 0.717) is 11.4 Å². The van der Waals surface area contributed by atoms with Gasteiger partial charge < -0.3 is 9.67 Å². The molecule has 3 aromatic rings. The second-order valence-corrected chi connectivity index (χ2v) is 5.15. The third-order valence-corrected chi connectivity index (χ3v) is 3.65. The summed E-state index contributed by atoms with van der Waals surface area (Å²) in [7, 11) is 0. The van der Waals surface area contributed by atoms with Crippen molar-refractivity contribution in [2.45, 2.75) is 13.8 Å². The number of aromatic hydroxyl groups is 1. The highest BCUT2D eigenvalue weighted by molar-refractivity contribution is 5.65. The van der Waals surface area contributed by atoms with E-state index in [1.165, 1.54) is 0 Å². The first kappa shape index (κ1) is 14.1. The highest BCUT2D eigenvalue weighted by atomic mass is 16.3. The Morgan fingerprint density at radius 2 is 1.73 bits per heavy atom. The molecule has 4 nitrogen and oxygen atoms in total. The molecule has 0 radical (unpaired) electrons. The van der Waals surface area contributed by atoms with Gasteiger partial charge in [0, 0.05) is 11.8 Å². The average molecular weight is 292 g/mol. The summed E-state index contributed by atoms with van der Waals surface area (Å²) in [6, 6.07) is 16.4. The van der Waals surface area contributed by atoms with Crippen molar-refractivity contribution in [3.8, 4) is 22.6 Å². The summed E-state index contributed by atoms with van der Waals surface area (Å²) in [5, 5.41) is 9.70. The summed E-state index contributed by atoms with van der Waals surface area (Å²) in [6.45, 7) is 3.68. The normalized spacial score (nSPS) is 10.6. The van der Waals surface area contributed by atoms with E-state index in [2.05, 4.69) is 4.98 Å². The Hall–Kier alpha value is -2.88. The lowest BCUT2D eigenvalue weighted by molar-refractivity contribution is 0.475. The fourth-order valence-corrected chi connectivity index (χ4v) is 2.71. The fraction of sp³-hybridized carbons (Fsp3) is 0.111. The van der Waals surface area contributed by atoms with Crippen molar-refractivity contribution >= 4 is 0 Å². The molecule has 4 heteroatoms. The van der Waals surface area contributed by atoms with Crippen molar-refractivity contribution in [3.63, 3.8) is 0 Å². The Morgan fingerprint density at radius 3 is 2.41 bits per heavy atom. The highest BCUT2D eigenvalue weighted by Gasteiger charge is 2.14. The number of phenolic OH excluding ortho intramolecular Hbond substituents is 1. The summed E-state index contributed by atoms with van der Waals surface area (Å²) in [5.74, 6) is 0.768. The van der Waals surface area contributed by atoms with Crippen LogP contribution >= 0.6 is 0 Å². The standard InChI is InChI=1S/C18H16N2O2/c1-12-17(14-7-4-3-5-8-14)18(22)19-13(2)20(12)15-9-6-10-16(21)11-15/h3-11,21H,1-2H3. The van der Waals surface area contributed by atoms with Gasteiger partial charge in [-0.3, -0.25) is 4.79 Å². The smallest absolute Gasteiger partial charge is 0.281 e. The average Bonchev–Trinajstić information content (AvgIpc) is 2.48. The number of hydrogen-bond donors (Lipinski definition) is 1. The van der Waals surface area contributed by atoms with E-state index in [9.17, 15) is 9.90 Å². The molecule has 1 N–H and O–H groups in total. The van der Waals surface area contributed by atoms with E-state index in [4.69, 9.17) is 0 Å². The number of rotatable bonds is 2. The molecule has 0 atom stereocenters. The summed E-state index contributed by atoms with van der Waals surface area (Å²) < 4.78 is 1.88. The maximum atomic E-state index is 12.3. The van der Waals surface area contributed by atoms with E-state index in [0.717, 1.165) is 16.9 Å². The van der Waals surface area contributed by atoms with Crippen molar-refractivity contribution in [2.24, 2.45) is 0 Å². The van der Waals surface area contributed by atoms with Gasteiger partial charge >= 0.3 is 0 Å². The van der Waals surface area contributed by atoms with Crippen molar-refractivity contribution in [2.75, 3.05) is 0 Å². The van der Waals surface area contributed by atoms with Gasteiger partial charge in [0.25, 0.3) is 5.56 Å². The van der Waals surface area contributed by atoms with Crippen LogP contribution < -0.4 is 5.56 Å². The zero-order valence-electron chi connectivity index (χ0n) is 12.4. The third-order valence-electron chi connectivity index (χ3n) is 3.65. The van der Waals surface area contributed by atoms with Crippen LogP contribution in [0.1, 0.15) is 11.5 Å². The van der Waals surface area contributed by atoms with E-state index in [1.54, 1.807) is 25.1 Å². The van der Waals surface area contributed by atoms with E-state index in [-0.39, 0.29) is 11.3 Å². The molecule has 0 saturated heterocycles. The molecule has 0 aliphatic carbocycles. The minimum absolute atomic E-state index is 0.177. The molecule has 0 aliphatic heterocycles. The minimum atomic E-state index is -0.238. The molecule has 0 spiro atoms. The second-order valence-electron chi connectivity index (χ2n) is 5.15.